The van der Waals surface area contributed by atoms with Crippen molar-refractivity contribution in [2.24, 2.45) is 5.41 Å². The van der Waals surface area contributed by atoms with Gasteiger partial charge < -0.3 is 9.22 Å². The second-order valence-electron chi connectivity index (χ2n) is 7.17. The summed E-state index contributed by atoms with van der Waals surface area (Å²) < 4.78 is 6.75. The Morgan fingerprint density at radius 3 is 1.38 bits per heavy atom. The Labute approximate surface area is 156 Å². The number of hydrogen-bond donors (Lipinski definition) is 0. The number of benzene rings is 3. The van der Waals surface area contributed by atoms with Gasteiger partial charge in [0, 0.05) is 12.0 Å². The van der Waals surface area contributed by atoms with Crippen molar-refractivity contribution < 1.29 is 9.22 Å². The fraction of sp³-hybridized carbons (Fsp3) is 0.174. The third-order valence-corrected chi connectivity index (χ3v) is 8.54. The summed E-state index contributed by atoms with van der Waals surface area (Å²) in [6.07, 6.45) is 0.979. The lowest BCUT2D eigenvalue weighted by Crippen LogP contribution is -2.69. The van der Waals surface area contributed by atoms with Crippen LogP contribution in [0, 0.1) is 5.41 Å². The predicted molar refractivity (Wildman–Crippen MR) is 110 cm³/mol. The van der Waals surface area contributed by atoms with Crippen LogP contribution in [0.25, 0.3) is 0 Å². The first-order chi connectivity index (χ1) is 12.6. The number of aldehydes is 1. The maximum absolute atomic E-state index is 11.5. The molecule has 0 aromatic heterocycles. The van der Waals surface area contributed by atoms with Crippen molar-refractivity contribution in [1.82, 2.24) is 0 Å². The zero-order valence-electron chi connectivity index (χ0n) is 15.3. The average Bonchev–Trinajstić information content (AvgIpc) is 2.71. The van der Waals surface area contributed by atoms with Gasteiger partial charge in [0.15, 0.2) is 0 Å². The zero-order valence-corrected chi connectivity index (χ0v) is 16.3. The quantitative estimate of drug-likeness (QED) is 0.368. The van der Waals surface area contributed by atoms with Gasteiger partial charge in [-0.3, -0.25) is 0 Å². The van der Waals surface area contributed by atoms with Gasteiger partial charge in [-0.25, -0.2) is 0 Å². The summed E-state index contributed by atoms with van der Waals surface area (Å²) in [6, 6.07) is 31.2. The van der Waals surface area contributed by atoms with E-state index in [1.165, 1.54) is 15.6 Å². The minimum atomic E-state index is -2.71. The fourth-order valence-corrected chi connectivity index (χ4v) is 7.17. The smallest absolute Gasteiger partial charge is 0.288 e. The summed E-state index contributed by atoms with van der Waals surface area (Å²) >= 11 is 0. The molecule has 26 heavy (non-hydrogen) atoms. The van der Waals surface area contributed by atoms with Gasteiger partial charge in [-0.05, 0) is 15.6 Å². The molecule has 3 heteroatoms. The molecule has 0 saturated heterocycles. The fourth-order valence-electron chi connectivity index (χ4n) is 3.10. The van der Waals surface area contributed by atoms with Gasteiger partial charge >= 0.3 is 0 Å². The lowest BCUT2D eigenvalue weighted by atomic mass is 9.98. The standard InChI is InChI=1S/C23H24O2Si/c1-23(2,18-24)19-25-26(20-12-6-3-7-13-20,21-14-8-4-9-15-21)22-16-10-5-11-17-22/h3-18H,19H2,1-2H3. The Bertz CT molecular complexity index is 733. The SMILES string of the molecule is CC(C)(C=O)CO[Si](c1ccccc1)(c1ccccc1)c1ccccc1. The van der Waals surface area contributed by atoms with Crippen LogP contribution in [0.5, 0.6) is 0 Å². The summed E-state index contributed by atoms with van der Waals surface area (Å²) in [6.45, 7) is 4.21. The van der Waals surface area contributed by atoms with Crippen molar-refractivity contribution in [1.29, 1.82) is 0 Å². The van der Waals surface area contributed by atoms with Gasteiger partial charge in [0.1, 0.15) is 6.29 Å². The van der Waals surface area contributed by atoms with Crippen LogP contribution in [-0.4, -0.2) is 21.2 Å². The minimum absolute atomic E-state index is 0.376. The molecule has 0 saturated carbocycles. The first-order valence-corrected chi connectivity index (χ1v) is 10.8. The highest BCUT2D eigenvalue weighted by Crippen LogP contribution is 2.17. The molecule has 2 nitrogen and oxygen atoms in total. The molecule has 132 valence electrons. The van der Waals surface area contributed by atoms with E-state index in [4.69, 9.17) is 4.43 Å². The van der Waals surface area contributed by atoms with E-state index >= 15 is 0 Å². The molecule has 0 radical (unpaired) electrons. The molecule has 0 aliphatic carbocycles. The Kier molecular flexibility index (Phi) is 5.50. The lowest BCUT2D eigenvalue weighted by molar-refractivity contribution is -0.116. The minimum Gasteiger partial charge on any atom is -0.403 e. The molecule has 0 fully saturated rings. The number of carbonyl (C=O) groups is 1. The van der Waals surface area contributed by atoms with Crippen molar-refractivity contribution in [2.75, 3.05) is 6.61 Å². The van der Waals surface area contributed by atoms with Gasteiger partial charge in [-0.2, -0.15) is 0 Å². The average molecular weight is 361 g/mol. The van der Waals surface area contributed by atoms with E-state index in [0.29, 0.717) is 6.61 Å². The summed E-state index contributed by atoms with van der Waals surface area (Å²) in [5.74, 6) is 0. The second-order valence-corrected chi connectivity index (χ2v) is 10.6. The van der Waals surface area contributed by atoms with Crippen molar-refractivity contribution >= 4 is 30.2 Å². The first kappa shape index (κ1) is 18.3. The lowest BCUT2D eigenvalue weighted by Gasteiger charge is -2.35. The molecule has 3 aromatic rings. The van der Waals surface area contributed by atoms with Crippen LogP contribution >= 0.6 is 0 Å². The topological polar surface area (TPSA) is 26.3 Å². The van der Waals surface area contributed by atoms with Gasteiger partial charge in [0.25, 0.3) is 8.32 Å². The zero-order chi connectivity index (χ0) is 18.5. The van der Waals surface area contributed by atoms with E-state index in [1.807, 2.05) is 32.0 Å². The summed E-state index contributed by atoms with van der Waals surface area (Å²) in [4.78, 5) is 11.5. The van der Waals surface area contributed by atoms with Crippen LogP contribution in [0.1, 0.15) is 13.8 Å². The van der Waals surface area contributed by atoms with Crippen molar-refractivity contribution in [3.63, 3.8) is 0 Å². The Morgan fingerprint density at radius 2 is 1.08 bits per heavy atom. The van der Waals surface area contributed by atoms with Crippen LogP contribution in [-0.2, 0) is 9.22 Å². The molecule has 0 N–H and O–H groups in total. The maximum Gasteiger partial charge on any atom is 0.288 e. The van der Waals surface area contributed by atoms with Crippen molar-refractivity contribution in [2.45, 2.75) is 13.8 Å². The van der Waals surface area contributed by atoms with Crippen LogP contribution in [0.3, 0.4) is 0 Å². The van der Waals surface area contributed by atoms with E-state index < -0.39 is 13.7 Å². The highest BCUT2D eigenvalue weighted by Gasteiger charge is 2.42. The number of rotatable bonds is 7. The van der Waals surface area contributed by atoms with Crippen molar-refractivity contribution in [3.8, 4) is 0 Å². The third kappa shape index (κ3) is 3.69. The van der Waals surface area contributed by atoms with E-state index in [2.05, 4.69) is 72.8 Å². The predicted octanol–water partition coefficient (Wildman–Crippen LogP) is 2.90. The van der Waals surface area contributed by atoms with Crippen LogP contribution < -0.4 is 15.6 Å². The van der Waals surface area contributed by atoms with Crippen LogP contribution in [0.15, 0.2) is 91.0 Å². The maximum atomic E-state index is 11.5. The van der Waals surface area contributed by atoms with Crippen LogP contribution in [0.2, 0.25) is 0 Å². The van der Waals surface area contributed by atoms with Gasteiger partial charge in [-0.15, -0.1) is 0 Å². The molecule has 0 bridgehead atoms. The molecular formula is C23H24O2Si. The van der Waals surface area contributed by atoms with E-state index in [9.17, 15) is 4.79 Å². The van der Waals surface area contributed by atoms with Gasteiger partial charge in [0.2, 0.25) is 0 Å². The monoisotopic (exact) mass is 360 g/mol. The summed E-state index contributed by atoms with van der Waals surface area (Å²) in [5.41, 5.74) is -0.531. The number of carbonyl (C=O) groups excluding carboxylic acids is 1. The van der Waals surface area contributed by atoms with Crippen molar-refractivity contribution in [3.05, 3.63) is 91.0 Å². The van der Waals surface area contributed by atoms with E-state index in [0.717, 1.165) is 6.29 Å². The normalized spacial score (nSPS) is 11.9. The highest BCUT2D eigenvalue weighted by atomic mass is 28.4. The van der Waals surface area contributed by atoms with E-state index in [1.54, 1.807) is 0 Å². The molecule has 0 spiro atoms. The third-order valence-electron chi connectivity index (χ3n) is 4.52. The number of hydrogen-bond acceptors (Lipinski definition) is 2. The second kappa shape index (κ2) is 7.81. The van der Waals surface area contributed by atoms with E-state index in [-0.39, 0.29) is 0 Å². The summed E-state index contributed by atoms with van der Waals surface area (Å²) in [5, 5.41) is 3.54. The molecule has 0 unspecified atom stereocenters. The highest BCUT2D eigenvalue weighted by molar-refractivity contribution is 7.07. The van der Waals surface area contributed by atoms with Crippen LogP contribution in [0.4, 0.5) is 0 Å². The molecular weight excluding hydrogens is 336 g/mol. The molecule has 0 aliphatic rings. The molecule has 0 atom stereocenters. The first-order valence-electron chi connectivity index (χ1n) is 8.85. The van der Waals surface area contributed by atoms with Gasteiger partial charge in [0.05, 0.1) is 0 Å². The molecule has 0 heterocycles. The largest absolute Gasteiger partial charge is 0.403 e. The molecule has 0 aliphatic heterocycles. The molecule has 0 amide bonds. The Hall–Kier alpha value is -2.49. The Balaban J connectivity index is 2.23. The molecule has 3 rings (SSSR count). The summed E-state index contributed by atoms with van der Waals surface area (Å²) in [7, 11) is -2.71. The van der Waals surface area contributed by atoms with Gasteiger partial charge in [-0.1, -0.05) is 105 Å². The Morgan fingerprint density at radius 1 is 0.731 bits per heavy atom. The molecule has 3 aromatic carbocycles.